The third kappa shape index (κ3) is 5.41. The normalized spacial score (nSPS) is 16.8. The predicted molar refractivity (Wildman–Crippen MR) is 170 cm³/mol. The molecule has 1 saturated heterocycles. The van der Waals surface area contributed by atoms with E-state index in [4.69, 9.17) is 38.7 Å². The number of aromatic nitrogens is 2. The Hall–Kier alpha value is -1.70. The van der Waals surface area contributed by atoms with Crippen LogP contribution in [0.1, 0.15) is 62.3 Å². The largest absolute Gasteiger partial charge is 0.255 e. The molecule has 2 unspecified atom stereocenters. The fourth-order valence-electron chi connectivity index (χ4n) is 6.23. The minimum atomic E-state index is -0.667. The third-order valence-corrected chi connectivity index (χ3v) is 8.33. The van der Waals surface area contributed by atoms with E-state index in [-0.39, 0.29) is 18.0 Å². The first-order chi connectivity index (χ1) is 17.5. The van der Waals surface area contributed by atoms with Crippen LogP contribution in [-0.2, 0) is 7.05 Å². The van der Waals surface area contributed by atoms with Crippen molar-refractivity contribution in [2.45, 2.75) is 57.9 Å². The highest BCUT2D eigenvalue weighted by Crippen LogP contribution is 2.53. The number of hydrogen-bond donors (Lipinski definition) is 0. The highest BCUT2D eigenvalue weighted by atomic mass is 15.1. The van der Waals surface area contributed by atoms with E-state index < -0.39 is 19.2 Å². The number of rotatable bonds is 9. The molecule has 0 amide bonds. The van der Waals surface area contributed by atoms with Gasteiger partial charge in [-0.15, -0.1) is 0 Å². The van der Waals surface area contributed by atoms with Crippen molar-refractivity contribution < 1.29 is 4.57 Å². The van der Waals surface area contributed by atoms with Crippen LogP contribution in [0.2, 0.25) is 12.5 Å². The van der Waals surface area contributed by atoms with Crippen molar-refractivity contribution in [2.75, 3.05) is 0 Å². The van der Waals surface area contributed by atoms with Crippen molar-refractivity contribution in [1.29, 1.82) is 0 Å². The molecule has 0 bridgehead atoms. The lowest BCUT2D eigenvalue weighted by Gasteiger charge is -2.27. The molecule has 10 radical (unpaired) electrons. The summed E-state index contributed by atoms with van der Waals surface area (Å²) in [5.74, 6) is 2.17. The molecular formula is C25H31B10N2+. The maximum atomic E-state index is 6.44. The van der Waals surface area contributed by atoms with Gasteiger partial charge in [-0.25, -0.2) is 4.57 Å². The lowest BCUT2D eigenvalue weighted by atomic mass is 8.62. The van der Waals surface area contributed by atoms with Crippen LogP contribution in [0.15, 0.2) is 54.9 Å². The van der Waals surface area contributed by atoms with E-state index in [0.717, 1.165) is 0 Å². The molecule has 1 aromatic heterocycles. The quantitative estimate of drug-likeness (QED) is 0.338. The molecule has 37 heavy (non-hydrogen) atoms. The molecular weight excluding hydrogens is 436 g/mol. The Kier molecular flexibility index (Phi) is 8.56. The number of aryl methyl sites for hydroxylation is 1. The van der Waals surface area contributed by atoms with Gasteiger partial charge >= 0.3 is 0 Å². The van der Waals surface area contributed by atoms with Crippen molar-refractivity contribution >= 4 is 71.0 Å². The van der Waals surface area contributed by atoms with Crippen molar-refractivity contribution in [3.63, 3.8) is 0 Å². The molecule has 3 aromatic rings. The Morgan fingerprint density at radius 2 is 1.43 bits per heavy atom. The first-order valence-electron chi connectivity index (χ1n) is 13.5. The molecule has 2 heterocycles. The maximum Gasteiger partial charge on any atom is 0.255 e. The van der Waals surface area contributed by atoms with Gasteiger partial charge in [0, 0.05) is 81.3 Å². The highest BCUT2D eigenvalue weighted by molar-refractivity contribution is 7.92. The number of imidazole rings is 1. The average Bonchev–Trinajstić information content (AvgIpc) is 3.32. The topological polar surface area (TPSA) is 8.81 Å². The summed E-state index contributed by atoms with van der Waals surface area (Å²) in [4.78, 5) is 0. The van der Waals surface area contributed by atoms with Gasteiger partial charge in [0.05, 0.1) is 7.05 Å². The van der Waals surface area contributed by atoms with Crippen molar-refractivity contribution in [3.8, 4) is 16.8 Å². The Labute approximate surface area is 233 Å². The summed E-state index contributed by atoms with van der Waals surface area (Å²) in [7, 11) is 33.1. The fourth-order valence-corrected chi connectivity index (χ4v) is 6.23. The SMILES string of the molecule is [B]B([B])B([B])B(B([B])[B])C1B(C)C1c1n(-c2c(C(C)C)cc(-c3ccccc3)cc2C(C)C)cc[n+]1C. The Balaban J connectivity index is 1.87. The van der Waals surface area contributed by atoms with Gasteiger partial charge < -0.3 is 0 Å². The molecule has 1 aliphatic heterocycles. The van der Waals surface area contributed by atoms with Crippen LogP contribution in [0.25, 0.3) is 16.8 Å². The van der Waals surface area contributed by atoms with E-state index in [9.17, 15) is 0 Å². The molecule has 1 fully saturated rings. The highest BCUT2D eigenvalue weighted by Gasteiger charge is 2.61. The molecule has 0 saturated carbocycles. The third-order valence-electron chi connectivity index (χ3n) is 8.33. The molecule has 2 nitrogen and oxygen atoms in total. The summed E-state index contributed by atoms with van der Waals surface area (Å²) in [6, 6.07) is 15.4. The smallest absolute Gasteiger partial charge is 0.237 e. The van der Waals surface area contributed by atoms with Gasteiger partial charge in [0.15, 0.2) is 0 Å². The summed E-state index contributed by atoms with van der Waals surface area (Å²) < 4.78 is 4.63. The van der Waals surface area contributed by atoms with E-state index >= 15 is 0 Å². The summed E-state index contributed by atoms with van der Waals surface area (Å²) in [5.41, 5.74) is 6.63. The van der Waals surface area contributed by atoms with Crippen LogP contribution >= 0.6 is 0 Å². The van der Waals surface area contributed by atoms with Crippen LogP contribution in [0, 0.1) is 0 Å². The van der Waals surface area contributed by atoms with Crippen molar-refractivity contribution in [2.24, 2.45) is 7.05 Å². The summed E-state index contributed by atoms with van der Waals surface area (Å²) in [5, 5.41) is 0. The zero-order valence-corrected chi connectivity index (χ0v) is 23.2. The fraction of sp³-hybridized carbons (Fsp3) is 0.400. The molecule has 1 aliphatic rings. The Morgan fingerprint density at radius 3 is 1.92 bits per heavy atom. The minimum absolute atomic E-state index is 0.169. The van der Waals surface area contributed by atoms with Gasteiger partial charge in [-0.2, -0.15) is 4.57 Å². The van der Waals surface area contributed by atoms with Crippen LogP contribution in [0.3, 0.4) is 0 Å². The minimum Gasteiger partial charge on any atom is -0.237 e. The number of hydrogen-bond acceptors (Lipinski definition) is 0. The van der Waals surface area contributed by atoms with E-state index in [0.29, 0.717) is 18.5 Å². The second kappa shape index (κ2) is 11.2. The van der Waals surface area contributed by atoms with Crippen LogP contribution < -0.4 is 4.57 Å². The number of nitrogens with zero attached hydrogens (tertiary/aromatic N) is 2. The second-order valence-electron chi connectivity index (χ2n) is 11.6. The Morgan fingerprint density at radius 1 is 0.865 bits per heavy atom. The summed E-state index contributed by atoms with van der Waals surface area (Å²) >= 11 is 0. The van der Waals surface area contributed by atoms with Gasteiger partial charge in [0.2, 0.25) is 0 Å². The zero-order chi connectivity index (χ0) is 27.2. The standard InChI is InChI=1S/C25H31B10N2/c1-16(2)20-14-19(18-10-8-7-9-11-18)15-21(17(3)4)23(20)37-13-12-36(6)25(37)22-24(31(22)5)32(33(26)27)35(30)34(28)29/h7-17,22,24H,1-6H3/q+1. The average molecular weight is 468 g/mol. The van der Waals surface area contributed by atoms with E-state index in [1.165, 1.54) is 33.8 Å². The molecule has 0 N–H and O–H groups in total. The first kappa shape index (κ1) is 28.3. The molecule has 170 valence electrons. The van der Waals surface area contributed by atoms with Gasteiger partial charge in [-0.05, 0) is 35.1 Å². The molecule has 2 atom stereocenters. The van der Waals surface area contributed by atoms with Gasteiger partial charge in [0.1, 0.15) is 24.8 Å². The second-order valence-corrected chi connectivity index (χ2v) is 11.6. The molecule has 12 heteroatoms. The monoisotopic (exact) mass is 469 g/mol. The number of benzene rings is 2. The first-order valence-corrected chi connectivity index (χ1v) is 13.5. The molecule has 0 spiro atoms. The zero-order valence-electron chi connectivity index (χ0n) is 23.2. The van der Waals surface area contributed by atoms with E-state index in [1.807, 2.05) is 0 Å². The van der Waals surface area contributed by atoms with Crippen LogP contribution in [-0.4, -0.2) is 75.6 Å². The molecule has 2 aromatic carbocycles. The molecule has 0 aliphatic carbocycles. The van der Waals surface area contributed by atoms with Crippen molar-refractivity contribution in [3.05, 3.63) is 71.8 Å². The van der Waals surface area contributed by atoms with Gasteiger partial charge in [-0.3, -0.25) is 0 Å². The summed E-state index contributed by atoms with van der Waals surface area (Å²) in [6.07, 6.45) is 2.62. The van der Waals surface area contributed by atoms with E-state index in [1.54, 1.807) is 0 Å². The lowest BCUT2D eigenvalue weighted by Crippen LogP contribution is -2.60. The lowest BCUT2D eigenvalue weighted by molar-refractivity contribution is -0.678. The van der Waals surface area contributed by atoms with Crippen LogP contribution in [0.5, 0.6) is 0 Å². The molecule has 4 rings (SSSR count). The van der Waals surface area contributed by atoms with E-state index in [2.05, 4.69) is 106 Å². The predicted octanol–water partition coefficient (Wildman–Crippen LogP) is 2.43. The summed E-state index contributed by atoms with van der Waals surface area (Å²) in [6.45, 7) is 11.5. The van der Waals surface area contributed by atoms with Crippen LogP contribution in [0.4, 0.5) is 0 Å². The maximum absolute atomic E-state index is 6.44. The van der Waals surface area contributed by atoms with Crippen molar-refractivity contribution in [1.82, 2.24) is 4.57 Å². The van der Waals surface area contributed by atoms with Gasteiger partial charge in [0.25, 0.3) is 5.82 Å². The Bertz CT molecular complexity index is 1200. The van der Waals surface area contributed by atoms with Gasteiger partial charge in [-0.1, -0.05) is 70.6 Å².